The Morgan fingerprint density at radius 3 is 2.37 bits per heavy atom. The Balaban J connectivity index is 1.82. The fourth-order valence-electron chi connectivity index (χ4n) is 2.55. The number of anilines is 1. The zero-order valence-corrected chi connectivity index (χ0v) is 15.0. The zero-order chi connectivity index (χ0) is 21.9. The number of nitrogens with zero attached hydrogens (tertiary/aromatic N) is 1. The second-order valence-electron chi connectivity index (χ2n) is 6.02. The molecule has 0 fully saturated rings. The highest BCUT2D eigenvalue weighted by molar-refractivity contribution is 6.03. The van der Waals surface area contributed by atoms with Crippen LogP contribution in [0.4, 0.5) is 23.2 Å². The molecule has 0 atom stereocenters. The van der Waals surface area contributed by atoms with Crippen LogP contribution >= 0.6 is 0 Å². The maximum Gasteiger partial charge on any atom is 0.573 e. The van der Waals surface area contributed by atoms with Crippen LogP contribution in [0.3, 0.4) is 0 Å². The predicted octanol–water partition coefficient (Wildman–Crippen LogP) is 2.87. The van der Waals surface area contributed by atoms with Crippen LogP contribution in [0.1, 0.15) is 15.9 Å². The highest BCUT2D eigenvalue weighted by Crippen LogP contribution is 2.24. The normalized spacial score (nSPS) is 11.2. The maximum absolute atomic E-state index is 13.8. The number of H-pyrrole nitrogens is 1. The molecule has 0 saturated heterocycles. The molecule has 11 heteroatoms. The lowest BCUT2D eigenvalue weighted by atomic mass is 10.2. The van der Waals surface area contributed by atoms with Gasteiger partial charge in [0, 0.05) is 17.4 Å². The summed E-state index contributed by atoms with van der Waals surface area (Å²) in [6.45, 7) is -0.397. The van der Waals surface area contributed by atoms with E-state index in [4.69, 9.17) is 0 Å². The minimum atomic E-state index is -4.86. The number of carbonyl (C=O) groups excluding carboxylic acids is 1. The summed E-state index contributed by atoms with van der Waals surface area (Å²) in [6.07, 6.45) is -3.96. The number of benzene rings is 2. The first-order valence-corrected chi connectivity index (χ1v) is 8.37. The van der Waals surface area contributed by atoms with E-state index in [1.54, 1.807) is 0 Å². The molecule has 1 heterocycles. The SMILES string of the molecule is O=C(Nc1ccc(OC(F)(F)F)cc1)c1c[nH]c(=O)n(Cc2ccccc2F)c1=O. The van der Waals surface area contributed by atoms with Gasteiger partial charge in [-0.05, 0) is 30.3 Å². The van der Waals surface area contributed by atoms with Crippen LogP contribution in [-0.4, -0.2) is 21.8 Å². The van der Waals surface area contributed by atoms with Crippen LogP contribution in [0.25, 0.3) is 0 Å². The Morgan fingerprint density at radius 1 is 1.07 bits per heavy atom. The van der Waals surface area contributed by atoms with Gasteiger partial charge in [0.1, 0.15) is 17.1 Å². The molecule has 1 aromatic heterocycles. The molecule has 0 spiro atoms. The molecule has 2 N–H and O–H groups in total. The first-order valence-electron chi connectivity index (χ1n) is 8.37. The van der Waals surface area contributed by atoms with Gasteiger partial charge in [0.05, 0.1) is 6.54 Å². The number of hydrogen-bond acceptors (Lipinski definition) is 4. The average Bonchev–Trinajstić information content (AvgIpc) is 2.67. The van der Waals surface area contributed by atoms with E-state index in [9.17, 15) is 31.9 Å². The lowest BCUT2D eigenvalue weighted by molar-refractivity contribution is -0.274. The van der Waals surface area contributed by atoms with Crippen molar-refractivity contribution < 1.29 is 27.1 Å². The van der Waals surface area contributed by atoms with Crippen molar-refractivity contribution in [1.29, 1.82) is 0 Å². The highest BCUT2D eigenvalue weighted by Gasteiger charge is 2.31. The summed E-state index contributed by atoms with van der Waals surface area (Å²) in [5, 5.41) is 2.33. The van der Waals surface area contributed by atoms with Gasteiger partial charge in [-0.3, -0.25) is 14.2 Å². The number of ether oxygens (including phenoxy) is 1. The number of aromatic amines is 1. The molecule has 0 bridgehead atoms. The Bertz CT molecular complexity index is 1180. The van der Waals surface area contributed by atoms with Crippen LogP contribution in [0, 0.1) is 5.82 Å². The average molecular weight is 423 g/mol. The van der Waals surface area contributed by atoms with E-state index < -0.39 is 47.2 Å². The standard InChI is InChI=1S/C19H13F4N3O4/c20-15-4-2-1-3-11(15)10-26-17(28)14(9-24-18(26)29)16(27)25-12-5-7-13(8-6-12)30-19(21,22)23/h1-9H,10H2,(H,24,29)(H,25,27). The minimum Gasteiger partial charge on any atom is -0.406 e. The number of alkyl halides is 3. The van der Waals surface area contributed by atoms with E-state index in [1.165, 1.54) is 18.2 Å². The van der Waals surface area contributed by atoms with Gasteiger partial charge in [-0.2, -0.15) is 0 Å². The van der Waals surface area contributed by atoms with Crippen LogP contribution in [0.2, 0.25) is 0 Å². The maximum atomic E-state index is 13.8. The third-order valence-corrected chi connectivity index (χ3v) is 3.94. The van der Waals surface area contributed by atoms with Crippen molar-refractivity contribution in [2.45, 2.75) is 12.9 Å². The summed E-state index contributed by atoms with van der Waals surface area (Å²) in [7, 11) is 0. The van der Waals surface area contributed by atoms with Crippen molar-refractivity contribution in [2.24, 2.45) is 0 Å². The second kappa shape index (κ2) is 8.23. The molecule has 0 aliphatic rings. The Morgan fingerprint density at radius 2 is 1.73 bits per heavy atom. The van der Waals surface area contributed by atoms with Crippen LogP contribution in [-0.2, 0) is 6.54 Å². The largest absolute Gasteiger partial charge is 0.573 e. The van der Waals surface area contributed by atoms with E-state index in [1.807, 2.05) is 0 Å². The molecule has 3 aromatic rings. The molecule has 2 aromatic carbocycles. The molecule has 0 aliphatic heterocycles. The van der Waals surface area contributed by atoms with Gasteiger partial charge < -0.3 is 15.0 Å². The molecule has 0 saturated carbocycles. The molecular formula is C19H13F4N3O4. The highest BCUT2D eigenvalue weighted by atomic mass is 19.4. The minimum absolute atomic E-state index is 0.0721. The van der Waals surface area contributed by atoms with E-state index in [0.29, 0.717) is 4.57 Å². The molecule has 7 nitrogen and oxygen atoms in total. The number of halogens is 4. The van der Waals surface area contributed by atoms with Gasteiger partial charge >= 0.3 is 12.1 Å². The van der Waals surface area contributed by atoms with Crippen LogP contribution in [0.15, 0.2) is 64.3 Å². The van der Waals surface area contributed by atoms with Gasteiger partial charge in [0.15, 0.2) is 0 Å². The number of carbonyl (C=O) groups is 1. The van der Waals surface area contributed by atoms with E-state index in [0.717, 1.165) is 36.5 Å². The van der Waals surface area contributed by atoms with Gasteiger partial charge in [-0.25, -0.2) is 9.18 Å². The lowest BCUT2D eigenvalue weighted by Crippen LogP contribution is -2.39. The monoisotopic (exact) mass is 423 g/mol. The summed E-state index contributed by atoms with van der Waals surface area (Å²) in [5.41, 5.74) is -2.09. The molecular weight excluding hydrogens is 410 g/mol. The fourth-order valence-corrected chi connectivity index (χ4v) is 2.55. The quantitative estimate of drug-likeness (QED) is 0.618. The smallest absolute Gasteiger partial charge is 0.406 e. The molecule has 30 heavy (non-hydrogen) atoms. The summed E-state index contributed by atoms with van der Waals surface area (Å²) < 4.78 is 54.8. The first-order chi connectivity index (χ1) is 14.1. The number of amides is 1. The number of rotatable bonds is 5. The molecule has 1 amide bonds. The predicted molar refractivity (Wildman–Crippen MR) is 97.9 cm³/mol. The van der Waals surface area contributed by atoms with Crippen molar-refractivity contribution >= 4 is 11.6 Å². The number of hydrogen-bond donors (Lipinski definition) is 2. The Kier molecular flexibility index (Phi) is 5.72. The van der Waals surface area contributed by atoms with E-state index in [-0.39, 0.29) is 11.3 Å². The van der Waals surface area contributed by atoms with Crippen molar-refractivity contribution in [3.8, 4) is 5.75 Å². The van der Waals surface area contributed by atoms with Crippen molar-refractivity contribution in [3.05, 3.63) is 92.5 Å². The van der Waals surface area contributed by atoms with Crippen molar-refractivity contribution in [2.75, 3.05) is 5.32 Å². The molecule has 3 rings (SSSR count). The third kappa shape index (κ3) is 4.93. The summed E-state index contributed by atoms with van der Waals surface area (Å²) >= 11 is 0. The lowest BCUT2D eigenvalue weighted by Gasteiger charge is -2.10. The fraction of sp³-hybridized carbons (Fsp3) is 0.105. The van der Waals surface area contributed by atoms with Crippen LogP contribution < -0.4 is 21.3 Å². The molecule has 0 aliphatic carbocycles. The Labute approximate surface area is 165 Å². The third-order valence-electron chi connectivity index (χ3n) is 3.94. The zero-order valence-electron chi connectivity index (χ0n) is 15.0. The van der Waals surface area contributed by atoms with Crippen molar-refractivity contribution in [1.82, 2.24) is 9.55 Å². The van der Waals surface area contributed by atoms with Crippen molar-refractivity contribution in [3.63, 3.8) is 0 Å². The summed E-state index contributed by atoms with van der Waals surface area (Å²) in [5.74, 6) is -2.03. The summed E-state index contributed by atoms with van der Waals surface area (Å²) in [4.78, 5) is 39.2. The van der Waals surface area contributed by atoms with Crippen LogP contribution in [0.5, 0.6) is 5.75 Å². The first kappa shape index (κ1) is 20.8. The van der Waals surface area contributed by atoms with E-state index >= 15 is 0 Å². The Hall–Kier alpha value is -3.89. The number of nitrogens with one attached hydrogen (secondary N) is 2. The van der Waals surface area contributed by atoms with Gasteiger partial charge in [-0.1, -0.05) is 18.2 Å². The molecule has 0 radical (unpaired) electrons. The molecule has 0 unspecified atom stereocenters. The van der Waals surface area contributed by atoms with Gasteiger partial charge in [0.2, 0.25) is 0 Å². The van der Waals surface area contributed by atoms with Gasteiger partial charge in [-0.15, -0.1) is 13.2 Å². The number of aromatic nitrogens is 2. The summed E-state index contributed by atoms with van der Waals surface area (Å²) in [6, 6.07) is 9.76. The second-order valence-corrected chi connectivity index (χ2v) is 6.02. The molecule has 156 valence electrons. The van der Waals surface area contributed by atoms with E-state index in [2.05, 4.69) is 15.0 Å². The van der Waals surface area contributed by atoms with Gasteiger partial charge in [0.25, 0.3) is 11.5 Å². The topological polar surface area (TPSA) is 93.2 Å².